The number of carbonyl (C=O) groups excluding carboxylic acids is 3. The topological polar surface area (TPSA) is 73.0 Å². The highest BCUT2D eigenvalue weighted by atomic mass is 32.2. The molecular weight excluding hydrogens is 455 g/mol. The Hall–Kier alpha value is -2.91. The van der Waals surface area contributed by atoms with E-state index >= 15 is 0 Å². The fourth-order valence-corrected chi connectivity index (χ4v) is 5.08. The number of imide groups is 1. The summed E-state index contributed by atoms with van der Waals surface area (Å²) in [5.41, 5.74) is 2.79. The Morgan fingerprint density at radius 1 is 1.12 bits per heavy atom. The first kappa shape index (κ1) is 24.2. The van der Waals surface area contributed by atoms with Gasteiger partial charge < -0.3 is 15.1 Å². The molecule has 2 fully saturated rings. The van der Waals surface area contributed by atoms with E-state index in [4.69, 9.17) is 0 Å². The lowest BCUT2D eigenvalue weighted by atomic mass is 10.0. The van der Waals surface area contributed by atoms with Gasteiger partial charge in [-0.05, 0) is 49.4 Å². The second-order valence-electron chi connectivity index (χ2n) is 8.55. The van der Waals surface area contributed by atoms with Gasteiger partial charge in [-0.25, -0.2) is 4.39 Å². The zero-order valence-corrected chi connectivity index (χ0v) is 20.2. The maximum atomic E-state index is 14.2. The van der Waals surface area contributed by atoms with Gasteiger partial charge in [-0.1, -0.05) is 30.8 Å². The number of piperazine rings is 1. The summed E-state index contributed by atoms with van der Waals surface area (Å²) in [6, 6.07) is 11.2. The molecule has 2 heterocycles. The van der Waals surface area contributed by atoms with Crippen LogP contribution in [0.4, 0.5) is 14.9 Å². The van der Waals surface area contributed by atoms with Gasteiger partial charge in [0.2, 0.25) is 5.91 Å². The Labute approximate surface area is 203 Å². The normalized spacial score (nSPS) is 17.9. The fraction of sp³-hybridized carbons (Fsp3) is 0.400. The summed E-state index contributed by atoms with van der Waals surface area (Å²) in [7, 11) is 0. The first-order valence-electron chi connectivity index (χ1n) is 11.5. The van der Waals surface area contributed by atoms with Crippen molar-refractivity contribution in [2.75, 3.05) is 43.4 Å². The molecule has 2 aliphatic heterocycles. The molecule has 1 unspecified atom stereocenters. The van der Waals surface area contributed by atoms with E-state index in [1.807, 2.05) is 6.92 Å². The maximum absolute atomic E-state index is 14.2. The van der Waals surface area contributed by atoms with Crippen molar-refractivity contribution in [1.29, 1.82) is 0 Å². The number of hydrogen-bond acceptors (Lipinski definition) is 6. The highest BCUT2D eigenvalue weighted by molar-refractivity contribution is 8.14. The van der Waals surface area contributed by atoms with Crippen LogP contribution in [0.15, 0.2) is 42.5 Å². The number of nitrogens with one attached hydrogen (secondary N) is 1. The molecule has 0 aromatic heterocycles. The third-order valence-corrected chi connectivity index (χ3v) is 7.19. The summed E-state index contributed by atoms with van der Waals surface area (Å²) < 4.78 is 14.2. The quantitative estimate of drug-likeness (QED) is 0.647. The largest absolute Gasteiger partial charge is 0.369 e. The Bertz CT molecular complexity index is 1070. The molecule has 0 aliphatic carbocycles. The Morgan fingerprint density at radius 3 is 2.56 bits per heavy atom. The van der Waals surface area contributed by atoms with Crippen LogP contribution in [0.5, 0.6) is 0 Å². The zero-order valence-electron chi connectivity index (χ0n) is 19.4. The average molecular weight is 485 g/mol. The van der Waals surface area contributed by atoms with E-state index in [0.717, 1.165) is 55.7 Å². The van der Waals surface area contributed by atoms with E-state index in [-0.39, 0.29) is 35.2 Å². The minimum Gasteiger partial charge on any atom is -0.369 e. The van der Waals surface area contributed by atoms with Crippen LogP contribution in [0.2, 0.25) is 0 Å². The predicted octanol–water partition coefficient (Wildman–Crippen LogP) is 3.65. The summed E-state index contributed by atoms with van der Waals surface area (Å²) in [4.78, 5) is 42.6. The maximum Gasteiger partial charge on any atom is 0.289 e. The molecule has 1 N–H and O–H groups in total. The van der Waals surface area contributed by atoms with Crippen LogP contribution in [0.1, 0.15) is 41.4 Å². The fourth-order valence-electron chi connectivity index (χ4n) is 4.35. The van der Waals surface area contributed by atoms with Crippen molar-refractivity contribution in [3.8, 4) is 0 Å². The van der Waals surface area contributed by atoms with Crippen LogP contribution in [0, 0.1) is 5.82 Å². The molecule has 0 spiro atoms. The van der Waals surface area contributed by atoms with E-state index in [1.54, 1.807) is 30.3 Å². The molecule has 9 heteroatoms. The van der Waals surface area contributed by atoms with Crippen LogP contribution in [0.3, 0.4) is 0 Å². The molecule has 2 saturated heterocycles. The lowest BCUT2D eigenvalue weighted by molar-refractivity contribution is -0.125. The Balaban J connectivity index is 1.47. The third kappa shape index (κ3) is 5.42. The Kier molecular flexibility index (Phi) is 7.53. The SMILES string of the molecule is CCN1CCN(c2ccc(F)cc2C(C)NC(=O)c2cccc(CN3C(=O)CSC3=O)c2)CC1. The molecule has 0 bridgehead atoms. The van der Waals surface area contributed by atoms with E-state index in [1.165, 1.54) is 17.0 Å². The molecule has 0 radical (unpaired) electrons. The predicted molar refractivity (Wildman–Crippen MR) is 131 cm³/mol. The van der Waals surface area contributed by atoms with Gasteiger partial charge >= 0.3 is 0 Å². The summed E-state index contributed by atoms with van der Waals surface area (Å²) in [6.07, 6.45) is 0. The second-order valence-corrected chi connectivity index (χ2v) is 9.48. The molecule has 34 heavy (non-hydrogen) atoms. The third-order valence-electron chi connectivity index (χ3n) is 6.33. The molecule has 3 amide bonds. The van der Waals surface area contributed by atoms with Crippen LogP contribution in [0.25, 0.3) is 0 Å². The number of likely N-dealkylation sites (N-methyl/N-ethyl adjacent to an activating group) is 1. The summed E-state index contributed by atoms with van der Waals surface area (Å²) in [6.45, 7) is 8.73. The molecular formula is C25H29FN4O3S. The second kappa shape index (κ2) is 10.6. The van der Waals surface area contributed by atoms with Gasteiger partial charge in [-0.3, -0.25) is 19.3 Å². The number of halogens is 1. The van der Waals surface area contributed by atoms with Crippen LogP contribution in [-0.4, -0.2) is 65.3 Å². The molecule has 180 valence electrons. The number of amides is 3. The lowest BCUT2D eigenvalue weighted by Crippen LogP contribution is -2.46. The minimum absolute atomic E-state index is 0.138. The lowest BCUT2D eigenvalue weighted by Gasteiger charge is -2.37. The van der Waals surface area contributed by atoms with Gasteiger partial charge in [0.15, 0.2) is 0 Å². The summed E-state index contributed by atoms with van der Waals surface area (Å²) >= 11 is 0.986. The van der Waals surface area contributed by atoms with Crippen molar-refractivity contribution >= 4 is 34.5 Å². The minimum atomic E-state index is -0.413. The van der Waals surface area contributed by atoms with E-state index < -0.39 is 6.04 Å². The Morgan fingerprint density at radius 2 is 1.88 bits per heavy atom. The molecule has 7 nitrogen and oxygen atoms in total. The number of anilines is 1. The number of thioether (sulfide) groups is 1. The number of hydrogen-bond donors (Lipinski definition) is 1. The molecule has 2 aliphatic rings. The molecule has 0 saturated carbocycles. The molecule has 2 aromatic carbocycles. The highest BCUT2D eigenvalue weighted by Crippen LogP contribution is 2.29. The summed E-state index contributed by atoms with van der Waals surface area (Å²) in [5.74, 6) is -0.711. The van der Waals surface area contributed by atoms with Crippen molar-refractivity contribution < 1.29 is 18.8 Å². The van der Waals surface area contributed by atoms with Crippen molar-refractivity contribution in [2.45, 2.75) is 26.4 Å². The monoisotopic (exact) mass is 484 g/mol. The first-order chi connectivity index (χ1) is 16.4. The molecule has 2 aromatic rings. The smallest absolute Gasteiger partial charge is 0.289 e. The number of carbonyl (C=O) groups is 3. The van der Waals surface area contributed by atoms with Crippen molar-refractivity contribution in [3.05, 3.63) is 65.0 Å². The first-order valence-corrected chi connectivity index (χ1v) is 12.5. The van der Waals surface area contributed by atoms with Crippen molar-refractivity contribution in [2.24, 2.45) is 0 Å². The standard InChI is InChI=1S/C25H29FN4O3S/c1-3-28-9-11-29(12-10-28)22-8-7-20(26)14-21(22)17(2)27-24(32)19-6-4-5-18(13-19)15-30-23(31)16-34-25(30)33/h4-8,13-14,17H,3,9-12,15-16H2,1-2H3,(H,27,32). The van der Waals surface area contributed by atoms with Crippen molar-refractivity contribution in [3.63, 3.8) is 0 Å². The van der Waals surface area contributed by atoms with Crippen LogP contribution < -0.4 is 10.2 Å². The van der Waals surface area contributed by atoms with Gasteiger partial charge in [0.05, 0.1) is 18.3 Å². The summed E-state index contributed by atoms with van der Waals surface area (Å²) in [5, 5.41) is 2.71. The van der Waals surface area contributed by atoms with E-state index in [0.29, 0.717) is 11.1 Å². The average Bonchev–Trinajstić information content (AvgIpc) is 3.16. The van der Waals surface area contributed by atoms with Crippen molar-refractivity contribution in [1.82, 2.24) is 15.1 Å². The number of benzene rings is 2. The zero-order chi connectivity index (χ0) is 24.2. The molecule has 4 rings (SSSR count). The van der Waals surface area contributed by atoms with Gasteiger partial charge in [0, 0.05) is 43.0 Å². The van der Waals surface area contributed by atoms with E-state index in [9.17, 15) is 18.8 Å². The number of nitrogens with zero attached hydrogens (tertiary/aromatic N) is 3. The van der Waals surface area contributed by atoms with Gasteiger partial charge in [0.25, 0.3) is 11.1 Å². The van der Waals surface area contributed by atoms with Gasteiger partial charge in [0.1, 0.15) is 5.82 Å². The highest BCUT2D eigenvalue weighted by Gasteiger charge is 2.30. The van der Waals surface area contributed by atoms with E-state index in [2.05, 4.69) is 22.0 Å². The van der Waals surface area contributed by atoms with Gasteiger partial charge in [-0.15, -0.1) is 0 Å². The molecule has 1 atom stereocenters. The van der Waals surface area contributed by atoms with Crippen LogP contribution in [-0.2, 0) is 11.3 Å². The van der Waals surface area contributed by atoms with Crippen LogP contribution >= 0.6 is 11.8 Å². The van der Waals surface area contributed by atoms with Gasteiger partial charge in [-0.2, -0.15) is 0 Å². The number of rotatable bonds is 7.